The molecule has 0 aromatic heterocycles. The summed E-state index contributed by atoms with van der Waals surface area (Å²) in [4.78, 5) is 9.99. The van der Waals surface area contributed by atoms with Crippen LogP contribution in [-0.4, -0.2) is 15.4 Å². The smallest absolute Gasteiger partial charge is 0.0253 e. The molecule has 145 valence electrons. The van der Waals surface area contributed by atoms with Crippen molar-refractivity contribution in [2.75, 3.05) is 0 Å². The molecule has 0 unspecified atom stereocenters. The summed E-state index contributed by atoms with van der Waals surface area (Å²) in [6.45, 7) is 6.49. The predicted octanol–water partition coefficient (Wildman–Crippen LogP) is 7.10. The fraction of sp³-hybridized carbons (Fsp3) is 0.381. The molecule has 0 saturated carbocycles. The van der Waals surface area contributed by atoms with Crippen LogP contribution >= 0.6 is 17.0 Å². The van der Waals surface area contributed by atoms with E-state index in [0.29, 0.717) is 6.42 Å². The van der Waals surface area contributed by atoms with E-state index < -0.39 is 26.8 Å². The molecule has 0 bridgehead atoms. The van der Waals surface area contributed by atoms with Crippen molar-refractivity contribution < 1.29 is 25.6 Å². The van der Waals surface area contributed by atoms with Gasteiger partial charge in [0, 0.05) is 15.4 Å². The first-order valence-electron chi connectivity index (χ1n) is 9.08. The average Bonchev–Trinajstić information content (AvgIpc) is 3.02. The second kappa shape index (κ2) is 17.7. The summed E-state index contributed by atoms with van der Waals surface area (Å²) in [5.74, 6) is -0.432. The zero-order valence-corrected chi connectivity index (χ0v) is 21.4. The van der Waals surface area contributed by atoms with Gasteiger partial charge in [0.15, 0.2) is 0 Å². The van der Waals surface area contributed by atoms with Crippen LogP contribution in [0.2, 0.25) is 13.1 Å². The first-order valence-corrected chi connectivity index (χ1v) is 17.7. The quantitative estimate of drug-likeness (QED) is 0.214. The molecule has 0 atom stereocenters. The second-order valence-corrected chi connectivity index (χ2v) is 10.8. The third kappa shape index (κ3) is 11.9. The third-order valence-corrected chi connectivity index (χ3v) is 3.62. The molecule has 2 aromatic rings. The van der Waals surface area contributed by atoms with Gasteiger partial charge >= 0.3 is 37.9 Å². The Labute approximate surface area is 185 Å². The van der Waals surface area contributed by atoms with E-state index >= 15 is 0 Å². The van der Waals surface area contributed by atoms with Gasteiger partial charge in [0.1, 0.15) is 0 Å². The summed E-state index contributed by atoms with van der Waals surface area (Å²) in [7, 11) is 10.6. The number of carbonyl (C=O) groups excluding carboxylic acids is 1. The van der Waals surface area contributed by atoms with E-state index in [1.54, 1.807) is 0 Å². The summed E-state index contributed by atoms with van der Waals surface area (Å²) in [6.07, 6.45) is 4.57. The summed E-state index contributed by atoms with van der Waals surface area (Å²) < 4.78 is 0. The van der Waals surface area contributed by atoms with E-state index in [4.69, 9.17) is 22.8 Å². The standard InChI is InChI=1S/C13H9.C6H13NO.C2H7Si.2ClH.Zr/c1-3-7-12-10(5-1)9-11-6-2-4-8-13(11)12;1-2-3-4-5-6(7)8;1-3-2;;;/h1-5,7-8H,9H2;2-5H2,1H3,(H2,7,8);3H,1-2H3;2*1H;/q-1;;;;;+4/p-3. The zero-order chi connectivity index (χ0) is 20.5. The maximum absolute atomic E-state index is 9.99. The maximum atomic E-state index is 9.99. The molecule has 1 amide bonds. The van der Waals surface area contributed by atoms with Crippen molar-refractivity contribution in [3.63, 3.8) is 0 Å². The summed E-state index contributed by atoms with van der Waals surface area (Å²) in [5, 5.41) is 0. The minimum atomic E-state index is -0.826. The molecule has 0 spiro atoms. The van der Waals surface area contributed by atoms with Crippen molar-refractivity contribution in [2.45, 2.75) is 52.1 Å². The number of benzene rings is 2. The molecule has 0 heterocycles. The van der Waals surface area contributed by atoms with Gasteiger partial charge in [0.2, 0.25) is 0 Å². The molecule has 27 heavy (non-hydrogen) atoms. The van der Waals surface area contributed by atoms with Crippen molar-refractivity contribution in [3.05, 3.63) is 65.4 Å². The molecule has 1 N–H and O–H groups in total. The van der Waals surface area contributed by atoms with Crippen LogP contribution in [0.25, 0.3) is 16.9 Å². The second-order valence-electron chi connectivity index (χ2n) is 5.93. The number of unbranched alkanes of at least 4 members (excludes halogenated alkanes) is 2. The molecule has 3 rings (SSSR count). The Morgan fingerprint density at radius 3 is 2.33 bits per heavy atom. The maximum Gasteiger partial charge on any atom is -0.0253 e. The first-order chi connectivity index (χ1) is 13.0. The molecule has 2 nitrogen and oxygen atoms in total. The fourth-order valence-electron chi connectivity index (χ4n) is 2.53. The number of halogens is 2. The number of rotatable bonds is 4. The van der Waals surface area contributed by atoms with Crippen molar-refractivity contribution in [3.8, 4) is 11.1 Å². The van der Waals surface area contributed by atoms with E-state index in [2.05, 4.69) is 62.5 Å². The van der Waals surface area contributed by atoms with E-state index in [0.717, 1.165) is 35.2 Å². The van der Waals surface area contributed by atoms with E-state index in [1.165, 1.54) is 22.3 Å². The average molecular weight is 501 g/mol. The van der Waals surface area contributed by atoms with Crippen LogP contribution in [0.1, 0.15) is 43.7 Å². The number of hydrogen-bond donors (Lipinski definition) is 0. The molecule has 6 heteroatoms. The molecular formula is C21H28Cl2NOSiZr. The van der Waals surface area contributed by atoms with Gasteiger partial charge in [-0.3, -0.25) is 0 Å². The van der Waals surface area contributed by atoms with Gasteiger partial charge in [-0.15, -0.1) is 5.56 Å². The number of carbonyl (C=O) groups is 1. The Balaban J connectivity index is 0.000000418. The van der Waals surface area contributed by atoms with E-state index in [9.17, 15) is 4.79 Å². The van der Waals surface area contributed by atoms with Crippen LogP contribution in [0.4, 0.5) is 0 Å². The Morgan fingerprint density at radius 1 is 1.15 bits per heavy atom. The minimum Gasteiger partial charge on any atom is -0.179 e. The first kappa shape index (κ1) is 26.6. The zero-order valence-electron chi connectivity index (χ0n) is 16.3. The number of hydrogen-bond acceptors (Lipinski definition) is 1. The van der Waals surface area contributed by atoms with Crippen molar-refractivity contribution >= 4 is 32.5 Å². The van der Waals surface area contributed by atoms with E-state index in [1.807, 2.05) is 6.07 Å². The molecule has 1 aliphatic rings. The van der Waals surface area contributed by atoms with Crippen molar-refractivity contribution in [1.29, 1.82) is 0 Å². The summed E-state index contributed by atoms with van der Waals surface area (Å²) in [5.41, 5.74) is 12.0. The van der Waals surface area contributed by atoms with Crippen LogP contribution in [0.15, 0.2) is 42.5 Å². The van der Waals surface area contributed by atoms with Gasteiger partial charge in [-0.05, 0) is 19.3 Å². The molecule has 2 aromatic carbocycles. The van der Waals surface area contributed by atoms with Crippen LogP contribution in [0.5, 0.6) is 0 Å². The topological polar surface area (TPSA) is 40.9 Å². The van der Waals surface area contributed by atoms with E-state index in [-0.39, 0.29) is 0 Å². The van der Waals surface area contributed by atoms with Gasteiger partial charge in [-0.2, -0.15) is 29.8 Å². The van der Waals surface area contributed by atoms with Crippen molar-refractivity contribution in [2.24, 2.45) is 0 Å². The largest absolute Gasteiger partial charge is 0.179 e. The van der Waals surface area contributed by atoms with Crippen molar-refractivity contribution in [1.82, 2.24) is 0 Å². The van der Waals surface area contributed by atoms with Crippen LogP contribution in [0.3, 0.4) is 0 Å². The molecule has 1 aliphatic carbocycles. The van der Waals surface area contributed by atoms with Crippen LogP contribution in [0, 0.1) is 6.07 Å². The Hall–Kier alpha value is -0.410. The minimum absolute atomic E-state index is 0.432. The predicted molar refractivity (Wildman–Crippen MR) is 118 cm³/mol. The fourth-order valence-corrected chi connectivity index (χ4v) is 2.53. The third-order valence-electron chi connectivity index (χ3n) is 3.62. The monoisotopic (exact) mass is 498 g/mol. The molecule has 0 fully saturated rings. The SMILES string of the molecule is CCCCCC([NH-])=O.C[SiH]C.[Cl][Zr+2][Cl].[c-]1cccc2c1Cc1ccccc1-2. The number of fused-ring (bicyclic) bond motifs is 3. The molecule has 0 aliphatic heterocycles. The molecular weight excluding hydrogens is 472 g/mol. The number of amides is 1. The molecule has 1 radical (unpaired) electrons. The van der Waals surface area contributed by atoms with Crippen LogP contribution < -0.4 is 0 Å². The Morgan fingerprint density at radius 2 is 1.74 bits per heavy atom. The molecule has 0 saturated heterocycles. The van der Waals surface area contributed by atoms with Crippen LogP contribution in [-0.2, 0) is 32.1 Å². The summed E-state index contributed by atoms with van der Waals surface area (Å²) >= 11 is -0.826. The Bertz CT molecular complexity index is 610. The summed E-state index contributed by atoms with van der Waals surface area (Å²) in [6, 6.07) is 18.1. The van der Waals surface area contributed by atoms with Gasteiger partial charge in [0.05, 0.1) is 0 Å². The van der Waals surface area contributed by atoms with Gasteiger partial charge in [-0.1, -0.05) is 68.3 Å². The van der Waals surface area contributed by atoms with Gasteiger partial charge < -0.3 is 10.5 Å². The Kier molecular flexibility index (Phi) is 17.4. The number of nitrogens with one attached hydrogen (secondary N) is 1. The normalized spacial score (nSPS) is 9.67. The van der Waals surface area contributed by atoms with Gasteiger partial charge in [0.25, 0.3) is 0 Å². The van der Waals surface area contributed by atoms with Gasteiger partial charge in [-0.25, -0.2) is 0 Å².